The van der Waals surface area contributed by atoms with Crippen LogP contribution in [0, 0.1) is 5.92 Å². The lowest BCUT2D eigenvalue weighted by molar-refractivity contribution is -0.133. The van der Waals surface area contributed by atoms with Crippen LogP contribution in [0.4, 0.5) is 0 Å². The van der Waals surface area contributed by atoms with Crippen molar-refractivity contribution in [2.24, 2.45) is 5.92 Å². The third-order valence-electron chi connectivity index (χ3n) is 1.66. The van der Waals surface area contributed by atoms with Crippen LogP contribution in [-0.2, 0) is 9.53 Å². The van der Waals surface area contributed by atoms with E-state index < -0.39 is 0 Å². The number of halogens is 1. The molecule has 0 aliphatic carbocycles. The number of nitrogens with zero attached hydrogens (tertiary/aromatic N) is 1. The Morgan fingerprint density at radius 1 is 1.67 bits per heavy atom. The average molecular weight is 194 g/mol. The molecule has 1 atom stereocenters. The van der Waals surface area contributed by atoms with Crippen LogP contribution in [-0.4, -0.2) is 44.0 Å². The number of hydrogen-bond acceptors (Lipinski definition) is 2. The van der Waals surface area contributed by atoms with Gasteiger partial charge >= 0.3 is 0 Å². The lowest BCUT2D eigenvalue weighted by atomic mass is 10.2. The lowest BCUT2D eigenvalue weighted by Gasteiger charge is -2.19. The molecule has 0 spiro atoms. The Balaban J connectivity index is 3.75. The monoisotopic (exact) mass is 193 g/mol. The van der Waals surface area contributed by atoms with E-state index in [1.54, 1.807) is 19.1 Å². The largest absolute Gasteiger partial charge is 0.383 e. The van der Waals surface area contributed by atoms with E-state index in [2.05, 4.69) is 0 Å². The van der Waals surface area contributed by atoms with Crippen molar-refractivity contribution in [2.45, 2.75) is 6.92 Å². The van der Waals surface area contributed by atoms with E-state index in [-0.39, 0.29) is 11.8 Å². The summed E-state index contributed by atoms with van der Waals surface area (Å²) >= 11 is 5.55. The molecule has 4 heteroatoms. The molecule has 0 aliphatic heterocycles. The van der Waals surface area contributed by atoms with Crippen LogP contribution in [0.2, 0.25) is 0 Å². The van der Waals surface area contributed by atoms with Crippen LogP contribution in [0.15, 0.2) is 0 Å². The predicted octanol–water partition coefficient (Wildman–Crippen LogP) is 0.966. The van der Waals surface area contributed by atoms with E-state index >= 15 is 0 Å². The number of hydrogen-bond donors (Lipinski definition) is 0. The quantitative estimate of drug-likeness (QED) is 0.609. The third-order valence-corrected chi connectivity index (χ3v) is 2.12. The summed E-state index contributed by atoms with van der Waals surface area (Å²) < 4.78 is 4.85. The third kappa shape index (κ3) is 3.93. The maximum absolute atomic E-state index is 11.4. The molecule has 0 aliphatic rings. The highest BCUT2D eigenvalue weighted by atomic mass is 35.5. The fraction of sp³-hybridized carbons (Fsp3) is 0.875. The van der Waals surface area contributed by atoms with E-state index in [1.165, 1.54) is 0 Å². The maximum atomic E-state index is 11.4. The highest BCUT2D eigenvalue weighted by Gasteiger charge is 2.15. The smallest absolute Gasteiger partial charge is 0.226 e. The van der Waals surface area contributed by atoms with Crippen LogP contribution < -0.4 is 0 Å². The number of amides is 1. The summed E-state index contributed by atoms with van der Waals surface area (Å²) in [5, 5.41) is 0. The van der Waals surface area contributed by atoms with Crippen molar-refractivity contribution in [1.29, 1.82) is 0 Å². The molecule has 3 nitrogen and oxygen atoms in total. The summed E-state index contributed by atoms with van der Waals surface area (Å²) in [6, 6.07) is 0. The molecule has 0 saturated heterocycles. The molecule has 0 aromatic rings. The van der Waals surface area contributed by atoms with Gasteiger partial charge in [0.25, 0.3) is 0 Å². The number of alkyl halides is 1. The van der Waals surface area contributed by atoms with Crippen molar-refractivity contribution in [3.8, 4) is 0 Å². The van der Waals surface area contributed by atoms with Gasteiger partial charge in [0.1, 0.15) is 0 Å². The SMILES string of the molecule is COCCN(C)C(=O)C(C)CCl. The first-order valence-corrected chi connectivity index (χ1v) is 4.46. The van der Waals surface area contributed by atoms with Gasteiger partial charge in [0.2, 0.25) is 5.91 Å². The first-order chi connectivity index (χ1) is 5.63. The first-order valence-electron chi connectivity index (χ1n) is 3.93. The van der Waals surface area contributed by atoms with Gasteiger partial charge in [-0.15, -0.1) is 11.6 Å². The zero-order chi connectivity index (χ0) is 9.56. The standard InChI is InChI=1S/C8H16ClNO2/c1-7(6-9)8(11)10(2)4-5-12-3/h7H,4-6H2,1-3H3. The van der Waals surface area contributed by atoms with Crippen molar-refractivity contribution >= 4 is 17.5 Å². The van der Waals surface area contributed by atoms with Gasteiger partial charge in [0.15, 0.2) is 0 Å². The molecule has 0 rings (SSSR count). The fourth-order valence-electron chi connectivity index (χ4n) is 0.781. The maximum Gasteiger partial charge on any atom is 0.226 e. The molecule has 0 radical (unpaired) electrons. The van der Waals surface area contributed by atoms with E-state index in [9.17, 15) is 4.79 Å². The van der Waals surface area contributed by atoms with Crippen molar-refractivity contribution in [1.82, 2.24) is 4.90 Å². The normalized spacial score (nSPS) is 12.7. The molecule has 0 saturated carbocycles. The Morgan fingerprint density at radius 2 is 2.25 bits per heavy atom. The number of methoxy groups -OCH3 is 1. The number of rotatable bonds is 5. The van der Waals surface area contributed by atoms with Gasteiger partial charge in [-0.2, -0.15) is 0 Å². The Morgan fingerprint density at radius 3 is 2.67 bits per heavy atom. The van der Waals surface area contributed by atoms with Crippen LogP contribution in [0.3, 0.4) is 0 Å². The highest BCUT2D eigenvalue weighted by molar-refractivity contribution is 6.19. The van der Waals surface area contributed by atoms with Gasteiger partial charge in [0, 0.05) is 32.5 Å². The first kappa shape index (κ1) is 11.7. The topological polar surface area (TPSA) is 29.5 Å². The van der Waals surface area contributed by atoms with Gasteiger partial charge < -0.3 is 9.64 Å². The Kier molecular flexibility index (Phi) is 6.11. The van der Waals surface area contributed by atoms with Crippen molar-refractivity contribution in [3.63, 3.8) is 0 Å². The summed E-state index contributed by atoms with van der Waals surface area (Å²) in [5.74, 6) is 0.339. The second-order valence-electron chi connectivity index (χ2n) is 2.81. The number of carbonyl (C=O) groups excluding carboxylic acids is 1. The number of likely N-dealkylation sites (N-methyl/N-ethyl adjacent to an activating group) is 1. The van der Waals surface area contributed by atoms with Gasteiger partial charge in [-0.25, -0.2) is 0 Å². The molecule has 0 aromatic carbocycles. The predicted molar refractivity (Wildman–Crippen MR) is 49.4 cm³/mol. The second kappa shape index (κ2) is 6.26. The molecule has 72 valence electrons. The van der Waals surface area contributed by atoms with E-state index in [1.807, 2.05) is 6.92 Å². The molecule has 0 fully saturated rings. The zero-order valence-electron chi connectivity index (χ0n) is 7.84. The van der Waals surface area contributed by atoms with Crippen molar-refractivity contribution < 1.29 is 9.53 Å². The fourth-order valence-corrected chi connectivity index (χ4v) is 0.913. The minimum absolute atomic E-state index is 0.0713. The van der Waals surface area contributed by atoms with Crippen LogP contribution in [0.25, 0.3) is 0 Å². The molecule has 0 N–H and O–H groups in total. The summed E-state index contributed by atoms with van der Waals surface area (Å²) in [6.07, 6.45) is 0. The Bertz CT molecular complexity index is 141. The number of ether oxygens (including phenoxy) is 1. The zero-order valence-corrected chi connectivity index (χ0v) is 8.60. The van der Waals surface area contributed by atoms with Crippen LogP contribution in [0.1, 0.15) is 6.92 Å². The molecule has 0 bridgehead atoms. The van der Waals surface area contributed by atoms with Crippen LogP contribution in [0.5, 0.6) is 0 Å². The molecule has 1 unspecified atom stereocenters. The van der Waals surface area contributed by atoms with Gasteiger partial charge in [0.05, 0.1) is 6.61 Å². The van der Waals surface area contributed by atoms with E-state index in [4.69, 9.17) is 16.3 Å². The molecular formula is C8H16ClNO2. The van der Waals surface area contributed by atoms with Gasteiger partial charge in [-0.1, -0.05) is 6.92 Å². The molecule has 0 aromatic heterocycles. The molecule has 0 heterocycles. The summed E-state index contributed by atoms with van der Waals surface area (Å²) in [6.45, 7) is 3.01. The molecular weight excluding hydrogens is 178 g/mol. The minimum atomic E-state index is -0.103. The van der Waals surface area contributed by atoms with E-state index in [0.717, 1.165) is 0 Å². The van der Waals surface area contributed by atoms with E-state index in [0.29, 0.717) is 19.0 Å². The van der Waals surface area contributed by atoms with Crippen molar-refractivity contribution in [3.05, 3.63) is 0 Å². The Labute approximate surface area is 78.6 Å². The summed E-state index contributed by atoms with van der Waals surface area (Å²) in [7, 11) is 3.37. The van der Waals surface area contributed by atoms with Gasteiger partial charge in [-0.05, 0) is 0 Å². The minimum Gasteiger partial charge on any atom is -0.383 e. The Hall–Kier alpha value is -0.280. The van der Waals surface area contributed by atoms with Crippen molar-refractivity contribution in [2.75, 3.05) is 33.2 Å². The highest BCUT2D eigenvalue weighted by Crippen LogP contribution is 2.02. The average Bonchev–Trinajstić information content (AvgIpc) is 2.11. The van der Waals surface area contributed by atoms with Crippen LogP contribution >= 0.6 is 11.6 Å². The summed E-state index contributed by atoms with van der Waals surface area (Å²) in [5.41, 5.74) is 0. The summed E-state index contributed by atoms with van der Waals surface area (Å²) in [4.78, 5) is 13.0. The molecule has 12 heavy (non-hydrogen) atoms. The second-order valence-corrected chi connectivity index (χ2v) is 3.12. The lowest BCUT2D eigenvalue weighted by Crippen LogP contribution is -2.34. The molecule has 1 amide bonds. The van der Waals surface area contributed by atoms with Gasteiger partial charge in [-0.3, -0.25) is 4.79 Å². The number of carbonyl (C=O) groups is 1.